The molecule has 2 aromatic rings. The van der Waals surface area contributed by atoms with Gasteiger partial charge in [0.15, 0.2) is 0 Å². The summed E-state index contributed by atoms with van der Waals surface area (Å²) in [6, 6.07) is 11.3. The first kappa shape index (κ1) is 31.0. The van der Waals surface area contributed by atoms with E-state index in [1.165, 1.54) is 0 Å². The SMILES string of the molecule is CC(C)Oc1cccc2c1CCC(N)(C(=O)O)C2.CC(C)Oc1cccc2c1CCC1(C2)NC(=O)NC1=O.[Y]. The fourth-order valence-corrected chi connectivity index (χ4v) is 5.39. The van der Waals surface area contributed by atoms with Gasteiger partial charge in [0.1, 0.15) is 22.6 Å². The van der Waals surface area contributed by atoms with Crippen molar-refractivity contribution in [3.63, 3.8) is 0 Å². The number of ether oxygens (including phenoxy) is 2. The molecule has 3 amide bonds. The van der Waals surface area contributed by atoms with Crippen LogP contribution in [0, 0.1) is 0 Å². The number of urea groups is 1. The van der Waals surface area contributed by atoms with Gasteiger partial charge in [-0.25, -0.2) is 4.79 Å². The molecule has 0 bridgehead atoms. The van der Waals surface area contributed by atoms with Gasteiger partial charge in [0.2, 0.25) is 0 Å². The number of carboxylic acids is 1. The Hall–Kier alpha value is -2.49. The molecule has 39 heavy (non-hydrogen) atoms. The number of imide groups is 1. The Labute approximate surface area is 254 Å². The third-order valence-electron chi connectivity index (χ3n) is 7.25. The molecular weight excluding hydrogens is 575 g/mol. The van der Waals surface area contributed by atoms with Crippen molar-refractivity contribution in [1.82, 2.24) is 10.6 Å². The number of nitrogens with one attached hydrogen (secondary N) is 2. The van der Waals surface area contributed by atoms with Gasteiger partial charge in [0.25, 0.3) is 5.91 Å². The second kappa shape index (κ2) is 12.4. The van der Waals surface area contributed by atoms with Crippen LogP contribution in [0.5, 0.6) is 11.5 Å². The number of aliphatic carboxylic acids is 1. The monoisotopic (exact) mass is 612 g/mol. The van der Waals surface area contributed by atoms with Crippen LogP contribution in [0.1, 0.15) is 62.8 Å². The predicted molar refractivity (Wildman–Crippen MR) is 142 cm³/mol. The minimum Gasteiger partial charge on any atom is -0.491 e. The topological polar surface area (TPSA) is 140 Å². The first-order valence-corrected chi connectivity index (χ1v) is 13.1. The maximum absolute atomic E-state index is 12.0. The average molecular weight is 613 g/mol. The zero-order chi connectivity index (χ0) is 27.7. The second-order valence-corrected chi connectivity index (χ2v) is 10.9. The van der Waals surface area contributed by atoms with Gasteiger partial charge in [-0.3, -0.25) is 14.9 Å². The molecule has 1 spiro atoms. The smallest absolute Gasteiger partial charge is 0.324 e. The summed E-state index contributed by atoms with van der Waals surface area (Å²) in [5.74, 6) is 0.596. The Kier molecular flexibility index (Phi) is 9.84. The summed E-state index contributed by atoms with van der Waals surface area (Å²) in [4.78, 5) is 34.6. The van der Waals surface area contributed by atoms with E-state index < -0.39 is 23.1 Å². The fourth-order valence-electron chi connectivity index (χ4n) is 5.39. The Morgan fingerprint density at radius 2 is 1.41 bits per heavy atom. The summed E-state index contributed by atoms with van der Waals surface area (Å²) < 4.78 is 11.6. The van der Waals surface area contributed by atoms with Crippen molar-refractivity contribution < 1.29 is 61.7 Å². The number of fused-ring (bicyclic) bond motifs is 2. The van der Waals surface area contributed by atoms with Crippen molar-refractivity contribution in [3.8, 4) is 11.5 Å². The van der Waals surface area contributed by atoms with Crippen molar-refractivity contribution in [3.05, 3.63) is 58.7 Å². The maximum Gasteiger partial charge on any atom is 0.324 e. The molecule has 3 aliphatic rings. The maximum atomic E-state index is 12.0. The van der Waals surface area contributed by atoms with Gasteiger partial charge in [0.05, 0.1) is 12.2 Å². The number of amides is 3. The van der Waals surface area contributed by atoms with E-state index >= 15 is 0 Å². The van der Waals surface area contributed by atoms with Crippen LogP contribution in [-0.4, -0.2) is 46.3 Å². The number of hydrogen-bond acceptors (Lipinski definition) is 6. The summed E-state index contributed by atoms with van der Waals surface area (Å²) in [7, 11) is 0. The number of hydrogen-bond donors (Lipinski definition) is 4. The fraction of sp³-hybridized carbons (Fsp3) is 0.483. The summed E-state index contributed by atoms with van der Waals surface area (Å²) in [6.07, 6.45) is 3.56. The van der Waals surface area contributed by atoms with Crippen LogP contribution in [0.3, 0.4) is 0 Å². The van der Waals surface area contributed by atoms with Gasteiger partial charge in [-0.15, -0.1) is 0 Å². The molecule has 0 aromatic heterocycles. The molecule has 1 saturated heterocycles. The van der Waals surface area contributed by atoms with Crippen molar-refractivity contribution >= 4 is 17.9 Å². The van der Waals surface area contributed by atoms with Crippen LogP contribution in [0.15, 0.2) is 36.4 Å². The molecule has 2 unspecified atom stereocenters. The standard InChI is InChI=1S/C15H18N2O3.C14H19NO3.Y/c1-9(2)20-12-5-3-4-10-8-15(7-6-11(10)12)13(18)16-14(19)17-15;1-9(2)18-12-5-3-4-10-8-14(15,13(16)17)7-6-11(10)12;/h3-5,9H,6-8H2,1-2H3,(H2,16,17,18,19);3-5,9H,6-8,15H2,1-2H3,(H,16,17);. The van der Waals surface area contributed by atoms with Crippen molar-refractivity contribution in [2.45, 2.75) is 89.5 Å². The average Bonchev–Trinajstić information content (AvgIpc) is 3.10. The molecule has 207 valence electrons. The van der Waals surface area contributed by atoms with E-state index in [2.05, 4.69) is 10.6 Å². The molecule has 1 radical (unpaired) electrons. The molecule has 2 aliphatic carbocycles. The van der Waals surface area contributed by atoms with Crippen LogP contribution in [-0.2, 0) is 68.0 Å². The third-order valence-corrected chi connectivity index (χ3v) is 7.25. The van der Waals surface area contributed by atoms with Gasteiger partial charge < -0.3 is 25.6 Å². The first-order chi connectivity index (χ1) is 17.9. The Bertz CT molecular complexity index is 1250. The van der Waals surface area contributed by atoms with Crippen LogP contribution in [0.4, 0.5) is 4.79 Å². The van der Waals surface area contributed by atoms with E-state index in [0.29, 0.717) is 32.1 Å². The molecular formula is C29H37N3O6Y. The number of carboxylic acid groups (broad SMARTS) is 1. The molecule has 9 nitrogen and oxygen atoms in total. The van der Waals surface area contributed by atoms with Gasteiger partial charge in [-0.05, 0) is 87.8 Å². The molecule has 5 rings (SSSR count). The minimum absolute atomic E-state index is 0. The Morgan fingerprint density at radius 3 is 1.87 bits per heavy atom. The number of carbonyl (C=O) groups excluding carboxylic acids is 2. The largest absolute Gasteiger partial charge is 0.491 e. The minimum atomic E-state index is -1.14. The van der Waals surface area contributed by atoms with Crippen LogP contribution in [0.2, 0.25) is 0 Å². The summed E-state index contributed by atoms with van der Waals surface area (Å²) in [5, 5.41) is 14.3. The molecule has 1 fully saturated rings. The predicted octanol–water partition coefficient (Wildman–Crippen LogP) is 3.28. The molecule has 1 heterocycles. The van der Waals surface area contributed by atoms with Crippen molar-refractivity contribution in [2.24, 2.45) is 5.73 Å². The Morgan fingerprint density at radius 1 is 0.897 bits per heavy atom. The summed E-state index contributed by atoms with van der Waals surface area (Å²) in [6.45, 7) is 7.95. The molecule has 2 aromatic carbocycles. The van der Waals surface area contributed by atoms with E-state index in [4.69, 9.17) is 15.2 Å². The molecule has 5 N–H and O–H groups in total. The zero-order valence-corrected chi connectivity index (χ0v) is 25.8. The van der Waals surface area contributed by atoms with E-state index in [0.717, 1.165) is 40.2 Å². The van der Waals surface area contributed by atoms with Gasteiger partial charge in [-0.1, -0.05) is 24.3 Å². The quantitative estimate of drug-likeness (QED) is 0.380. The number of rotatable bonds is 5. The van der Waals surface area contributed by atoms with E-state index in [1.54, 1.807) is 0 Å². The second-order valence-electron chi connectivity index (χ2n) is 10.9. The normalized spacial score (nSPS) is 23.1. The number of benzene rings is 2. The van der Waals surface area contributed by atoms with Crippen molar-refractivity contribution in [1.29, 1.82) is 0 Å². The molecule has 1 aliphatic heterocycles. The first-order valence-electron chi connectivity index (χ1n) is 13.1. The van der Waals surface area contributed by atoms with Crippen molar-refractivity contribution in [2.75, 3.05) is 0 Å². The van der Waals surface area contributed by atoms with Crippen LogP contribution in [0.25, 0.3) is 0 Å². The zero-order valence-electron chi connectivity index (χ0n) is 23.0. The summed E-state index contributed by atoms with van der Waals surface area (Å²) in [5.41, 5.74) is 8.34. The van der Waals surface area contributed by atoms with Crippen LogP contribution >= 0.6 is 0 Å². The van der Waals surface area contributed by atoms with E-state index in [-0.39, 0.29) is 50.8 Å². The Balaban J connectivity index is 0.000000211. The van der Waals surface area contributed by atoms with Gasteiger partial charge in [0, 0.05) is 45.6 Å². The number of nitrogens with two attached hydrogens (primary N) is 1. The van der Waals surface area contributed by atoms with Gasteiger partial charge in [-0.2, -0.15) is 0 Å². The van der Waals surface area contributed by atoms with E-state index in [9.17, 15) is 19.5 Å². The number of carbonyl (C=O) groups is 3. The summed E-state index contributed by atoms with van der Waals surface area (Å²) >= 11 is 0. The third kappa shape index (κ3) is 6.81. The molecule has 2 atom stereocenters. The molecule has 10 heteroatoms. The van der Waals surface area contributed by atoms with Crippen LogP contribution < -0.4 is 25.8 Å². The van der Waals surface area contributed by atoms with Gasteiger partial charge >= 0.3 is 12.0 Å². The molecule has 0 saturated carbocycles. The van der Waals surface area contributed by atoms with E-state index in [1.807, 2.05) is 64.1 Å².